The number of aliphatic imine (C=N–C) groups is 1. The molecule has 13 heavy (non-hydrogen) atoms. The Bertz CT molecular complexity index is 300. The first-order valence-electron chi connectivity index (χ1n) is 4.98. The quantitative estimate of drug-likeness (QED) is 0.569. The second-order valence-corrected chi connectivity index (χ2v) is 2.98. The van der Waals surface area contributed by atoms with E-state index in [9.17, 15) is 0 Å². The van der Waals surface area contributed by atoms with Gasteiger partial charge in [0.25, 0.3) is 0 Å². The number of para-hydroxylation sites is 1. The lowest BCUT2D eigenvalue weighted by atomic mass is 10.0. The molecule has 1 aromatic carbocycles. The van der Waals surface area contributed by atoms with Gasteiger partial charge < -0.3 is 0 Å². The van der Waals surface area contributed by atoms with Gasteiger partial charge in [-0.1, -0.05) is 32.0 Å². The Morgan fingerprint density at radius 2 is 1.77 bits per heavy atom. The predicted molar refractivity (Wildman–Crippen MR) is 58.9 cm³/mol. The summed E-state index contributed by atoms with van der Waals surface area (Å²) in [6, 6.07) is 8.36. The average Bonchev–Trinajstić information content (AvgIpc) is 2.21. The number of hydrogen-bond donors (Lipinski definition) is 0. The highest BCUT2D eigenvalue weighted by molar-refractivity contribution is 5.86. The highest BCUT2D eigenvalue weighted by Crippen LogP contribution is 2.24. The van der Waals surface area contributed by atoms with Gasteiger partial charge in [0, 0.05) is 5.71 Å². The number of benzene rings is 1. The molecule has 0 aromatic heterocycles. The summed E-state index contributed by atoms with van der Waals surface area (Å²) in [7, 11) is 0. The molecule has 0 spiro atoms. The van der Waals surface area contributed by atoms with Gasteiger partial charge in [-0.05, 0) is 31.4 Å². The number of hydrogen-bond acceptors (Lipinski definition) is 1. The molecule has 70 valence electrons. The lowest BCUT2D eigenvalue weighted by molar-refractivity contribution is 1.00. The van der Waals surface area contributed by atoms with Crippen LogP contribution in [0.2, 0.25) is 0 Å². The highest BCUT2D eigenvalue weighted by atomic mass is 14.8. The summed E-state index contributed by atoms with van der Waals surface area (Å²) in [5, 5.41) is 0. The van der Waals surface area contributed by atoms with E-state index < -0.39 is 0 Å². The van der Waals surface area contributed by atoms with Gasteiger partial charge in [-0.15, -0.1) is 0 Å². The lowest BCUT2D eigenvalue weighted by Crippen LogP contribution is -2.00. The van der Waals surface area contributed by atoms with Crippen LogP contribution in [0.4, 0.5) is 5.69 Å². The third-order valence-corrected chi connectivity index (χ3v) is 2.06. The fraction of sp³-hybridized carbons (Fsp3) is 0.417. The van der Waals surface area contributed by atoms with Gasteiger partial charge >= 0.3 is 0 Å². The number of fused-ring (bicyclic) bond motifs is 1. The first kappa shape index (κ1) is 9.97. The van der Waals surface area contributed by atoms with E-state index in [2.05, 4.69) is 30.1 Å². The Hall–Kier alpha value is -1.11. The molecule has 0 fully saturated rings. The fourth-order valence-electron chi connectivity index (χ4n) is 1.41. The van der Waals surface area contributed by atoms with Crippen molar-refractivity contribution < 1.29 is 0 Å². The molecule has 0 amide bonds. The molecule has 0 saturated carbocycles. The van der Waals surface area contributed by atoms with Crippen molar-refractivity contribution in [2.75, 3.05) is 0 Å². The summed E-state index contributed by atoms with van der Waals surface area (Å²) in [5.41, 5.74) is 3.80. The molecule has 0 radical (unpaired) electrons. The van der Waals surface area contributed by atoms with Crippen LogP contribution in [0.3, 0.4) is 0 Å². The monoisotopic (exact) mass is 175 g/mol. The van der Waals surface area contributed by atoms with Gasteiger partial charge in [-0.25, -0.2) is 0 Å². The van der Waals surface area contributed by atoms with E-state index in [1.165, 1.54) is 11.3 Å². The number of rotatable bonds is 0. The largest absolute Gasteiger partial charge is 0.258 e. The van der Waals surface area contributed by atoms with Crippen LogP contribution in [-0.4, -0.2) is 5.71 Å². The third kappa shape index (κ3) is 2.41. The van der Waals surface area contributed by atoms with Crippen LogP contribution in [-0.2, 0) is 6.42 Å². The van der Waals surface area contributed by atoms with Gasteiger partial charge in [-0.2, -0.15) is 0 Å². The fourth-order valence-corrected chi connectivity index (χ4v) is 1.41. The van der Waals surface area contributed by atoms with E-state index in [0.29, 0.717) is 0 Å². The topological polar surface area (TPSA) is 12.4 Å². The zero-order valence-corrected chi connectivity index (χ0v) is 8.67. The minimum atomic E-state index is 1.12. The summed E-state index contributed by atoms with van der Waals surface area (Å²) in [6.07, 6.45) is 2.28. The Balaban J connectivity index is 0.000000396. The average molecular weight is 175 g/mol. The molecule has 0 saturated heterocycles. The second-order valence-electron chi connectivity index (χ2n) is 2.98. The molecular formula is C12H17N. The van der Waals surface area contributed by atoms with Crippen LogP contribution in [0.15, 0.2) is 29.3 Å². The molecule has 1 nitrogen and oxygen atoms in total. The van der Waals surface area contributed by atoms with Gasteiger partial charge in [0.05, 0.1) is 5.69 Å². The summed E-state index contributed by atoms with van der Waals surface area (Å²) in [4.78, 5) is 4.46. The van der Waals surface area contributed by atoms with Crippen molar-refractivity contribution in [3.63, 3.8) is 0 Å². The normalized spacial score (nSPS) is 13.6. The van der Waals surface area contributed by atoms with E-state index in [4.69, 9.17) is 0 Å². The van der Waals surface area contributed by atoms with Crippen molar-refractivity contribution in [3.8, 4) is 0 Å². The summed E-state index contributed by atoms with van der Waals surface area (Å²) in [5.74, 6) is 0. The van der Waals surface area contributed by atoms with Crippen molar-refractivity contribution in [1.29, 1.82) is 0 Å². The molecule has 0 atom stereocenters. The standard InChI is InChI=1S/C10H11N.C2H6/c1-8-6-7-9-4-2-3-5-10(9)11-8;1-2/h2-5H,6-7H2,1H3;1-2H3. The molecule has 0 bridgehead atoms. The number of nitrogens with zero attached hydrogens (tertiary/aromatic N) is 1. The van der Waals surface area contributed by atoms with Crippen molar-refractivity contribution in [2.24, 2.45) is 4.99 Å². The molecule has 0 N–H and O–H groups in total. The third-order valence-electron chi connectivity index (χ3n) is 2.06. The van der Waals surface area contributed by atoms with E-state index in [0.717, 1.165) is 18.5 Å². The molecule has 1 aliphatic heterocycles. The van der Waals surface area contributed by atoms with Gasteiger partial charge in [-0.3, -0.25) is 4.99 Å². The Morgan fingerprint density at radius 3 is 2.54 bits per heavy atom. The van der Waals surface area contributed by atoms with Gasteiger partial charge in [0.15, 0.2) is 0 Å². The highest BCUT2D eigenvalue weighted by Gasteiger charge is 2.06. The maximum absolute atomic E-state index is 4.46. The van der Waals surface area contributed by atoms with E-state index in [1.54, 1.807) is 0 Å². The second kappa shape index (κ2) is 4.80. The molecule has 1 heteroatoms. The number of aryl methyl sites for hydroxylation is 1. The van der Waals surface area contributed by atoms with E-state index in [-0.39, 0.29) is 0 Å². The van der Waals surface area contributed by atoms with Gasteiger partial charge in [0.2, 0.25) is 0 Å². The Kier molecular flexibility index (Phi) is 3.69. The smallest absolute Gasteiger partial charge is 0.0660 e. The molecule has 0 aliphatic carbocycles. The molecule has 0 unspecified atom stereocenters. The molecule has 1 aromatic rings. The van der Waals surface area contributed by atoms with Crippen molar-refractivity contribution in [1.82, 2.24) is 0 Å². The zero-order valence-electron chi connectivity index (χ0n) is 8.67. The van der Waals surface area contributed by atoms with E-state index >= 15 is 0 Å². The van der Waals surface area contributed by atoms with E-state index in [1.807, 2.05) is 19.9 Å². The van der Waals surface area contributed by atoms with Crippen LogP contribution >= 0.6 is 0 Å². The maximum atomic E-state index is 4.46. The van der Waals surface area contributed by atoms with Gasteiger partial charge in [0.1, 0.15) is 0 Å². The summed E-state index contributed by atoms with van der Waals surface area (Å²) >= 11 is 0. The predicted octanol–water partition coefficient (Wildman–Crippen LogP) is 3.75. The summed E-state index contributed by atoms with van der Waals surface area (Å²) < 4.78 is 0. The van der Waals surface area contributed by atoms with Crippen molar-refractivity contribution in [2.45, 2.75) is 33.6 Å². The van der Waals surface area contributed by atoms with Crippen LogP contribution in [0, 0.1) is 0 Å². The van der Waals surface area contributed by atoms with Crippen LogP contribution in [0.25, 0.3) is 0 Å². The SMILES string of the molecule is CC.CC1=Nc2ccccc2CC1. The van der Waals surface area contributed by atoms with Crippen LogP contribution < -0.4 is 0 Å². The van der Waals surface area contributed by atoms with Crippen LogP contribution in [0.1, 0.15) is 32.8 Å². The maximum Gasteiger partial charge on any atom is 0.0660 e. The first-order valence-corrected chi connectivity index (χ1v) is 4.98. The minimum Gasteiger partial charge on any atom is -0.258 e. The zero-order chi connectivity index (χ0) is 9.68. The van der Waals surface area contributed by atoms with Crippen LogP contribution in [0.5, 0.6) is 0 Å². The molecular weight excluding hydrogens is 158 g/mol. The summed E-state index contributed by atoms with van der Waals surface area (Å²) in [6.45, 7) is 6.09. The lowest BCUT2D eigenvalue weighted by Gasteiger charge is -2.11. The molecule has 1 heterocycles. The van der Waals surface area contributed by atoms with Crippen molar-refractivity contribution in [3.05, 3.63) is 29.8 Å². The minimum absolute atomic E-state index is 1.12. The van der Waals surface area contributed by atoms with Crippen molar-refractivity contribution >= 4 is 11.4 Å². The Labute approximate surface area is 80.5 Å². The first-order chi connectivity index (χ1) is 6.36. The molecule has 2 rings (SSSR count). The molecule has 1 aliphatic rings. The Morgan fingerprint density at radius 1 is 1.08 bits per heavy atom.